The van der Waals surface area contributed by atoms with Crippen molar-refractivity contribution in [1.82, 2.24) is 0 Å². The van der Waals surface area contributed by atoms with Gasteiger partial charge in [0.1, 0.15) is 0 Å². The zero-order chi connectivity index (χ0) is 13.7. The Morgan fingerprint density at radius 3 is 2.71 bits per heavy atom. The number of nitrogens with zero attached hydrogens (tertiary/aromatic N) is 2. The molecule has 1 heterocycles. The Labute approximate surface area is 139 Å². The first kappa shape index (κ1) is 14.5. The second-order valence-electron chi connectivity index (χ2n) is 5.87. The molecule has 0 fully saturated rings. The number of hydrogen-bond donors (Lipinski definition) is 0. The minimum Gasteiger partial charge on any atom is -0.562 e. The van der Waals surface area contributed by atoms with Crippen molar-refractivity contribution in [2.75, 3.05) is 11.6 Å². The van der Waals surface area contributed by atoms with Gasteiger partial charge in [-0.2, -0.15) is 12.1 Å². The molecule has 0 atom stereocenters. The van der Waals surface area contributed by atoms with E-state index in [0.29, 0.717) is 0 Å². The Hall–Kier alpha value is -1.41. The van der Waals surface area contributed by atoms with Gasteiger partial charge < -0.3 is 10.4 Å². The maximum atomic E-state index is 4.42. The monoisotopic (exact) mass is 453 g/mol. The number of hydrogen-bond acceptors (Lipinski definition) is 1. The van der Waals surface area contributed by atoms with Gasteiger partial charge in [-0.25, -0.2) is 0 Å². The first-order valence-corrected chi connectivity index (χ1v) is 6.97. The fraction of sp³-hybridized carbons (Fsp3) is 0.222. The minimum absolute atomic E-state index is 0. The summed E-state index contributed by atoms with van der Waals surface area (Å²) in [7, 11) is 0. The van der Waals surface area contributed by atoms with Crippen LogP contribution in [0.1, 0.15) is 25.0 Å². The van der Waals surface area contributed by atoms with Gasteiger partial charge in [-0.15, -0.1) is 23.7 Å². The Bertz CT molecular complexity index is 719. The summed E-state index contributed by atoms with van der Waals surface area (Å²) in [5.74, 6) is 0. The summed E-state index contributed by atoms with van der Waals surface area (Å²) in [4.78, 5) is 0. The van der Waals surface area contributed by atoms with Crippen molar-refractivity contribution in [1.29, 1.82) is 0 Å². The van der Waals surface area contributed by atoms with E-state index < -0.39 is 0 Å². The molecule has 1 aliphatic carbocycles. The molecule has 2 aliphatic rings. The van der Waals surface area contributed by atoms with Gasteiger partial charge in [0.05, 0.1) is 0 Å². The molecular weight excluding hydrogens is 436 g/mol. The molecule has 0 amide bonds. The molecule has 3 heteroatoms. The standard InChI is InChI=1S/C18H16N2.Ir/c1-18(2)16-7-4-3-6-14(16)15-9-8-13(12-17(15)18)20-11-5-10-19-20;/h3-7,9,11-12H,10H2,1-2H3;/q-2;. The average Bonchev–Trinajstić information content (AvgIpc) is 3.07. The number of anilines is 1. The fourth-order valence-electron chi connectivity index (χ4n) is 3.25. The Balaban J connectivity index is 0.00000132. The minimum atomic E-state index is 0. The topological polar surface area (TPSA) is 17.3 Å². The molecule has 1 aliphatic heterocycles. The normalized spacial score (nSPS) is 17.3. The summed E-state index contributed by atoms with van der Waals surface area (Å²) in [6, 6.07) is 16.4. The maximum absolute atomic E-state index is 4.42. The van der Waals surface area contributed by atoms with Gasteiger partial charge in [0.25, 0.3) is 0 Å². The van der Waals surface area contributed by atoms with Crippen LogP contribution < -0.4 is 5.01 Å². The van der Waals surface area contributed by atoms with Crippen molar-refractivity contribution in [2.24, 2.45) is 0 Å². The van der Waals surface area contributed by atoms with E-state index in [1.54, 1.807) is 0 Å². The Kier molecular flexibility index (Phi) is 3.53. The second-order valence-corrected chi connectivity index (χ2v) is 5.87. The molecule has 2 nitrogen and oxygen atoms in total. The van der Waals surface area contributed by atoms with Crippen molar-refractivity contribution in [2.45, 2.75) is 19.3 Å². The number of benzene rings is 2. The largest absolute Gasteiger partial charge is 0.562 e. The number of fused-ring (bicyclic) bond motifs is 3. The first-order valence-electron chi connectivity index (χ1n) is 6.97. The Morgan fingerprint density at radius 2 is 1.95 bits per heavy atom. The van der Waals surface area contributed by atoms with E-state index in [9.17, 15) is 0 Å². The van der Waals surface area contributed by atoms with Crippen LogP contribution in [-0.2, 0) is 25.5 Å². The van der Waals surface area contributed by atoms with Crippen molar-refractivity contribution >= 4 is 5.69 Å². The SMILES string of the molecule is CC1(C)c2ccccc2-c2c[c-]c(N3C=CC[N-]3)cc21.[Ir]. The molecule has 0 saturated heterocycles. The van der Waals surface area contributed by atoms with Gasteiger partial charge in [-0.1, -0.05) is 55.4 Å². The molecule has 4 rings (SSSR count). The molecule has 21 heavy (non-hydrogen) atoms. The third-order valence-corrected chi connectivity index (χ3v) is 4.33. The van der Waals surface area contributed by atoms with Gasteiger partial charge in [-0.3, -0.25) is 0 Å². The van der Waals surface area contributed by atoms with Crippen molar-refractivity contribution in [3.05, 3.63) is 71.3 Å². The summed E-state index contributed by atoms with van der Waals surface area (Å²) in [5.41, 5.74) is 10.9. The zero-order valence-electron chi connectivity index (χ0n) is 12.1. The van der Waals surface area contributed by atoms with E-state index in [0.717, 1.165) is 12.2 Å². The van der Waals surface area contributed by atoms with Gasteiger partial charge >= 0.3 is 0 Å². The van der Waals surface area contributed by atoms with E-state index in [1.165, 1.54) is 22.3 Å². The van der Waals surface area contributed by atoms with Crippen molar-refractivity contribution < 1.29 is 20.1 Å². The Morgan fingerprint density at radius 1 is 1.14 bits per heavy atom. The van der Waals surface area contributed by atoms with E-state index >= 15 is 0 Å². The predicted octanol–water partition coefficient (Wildman–Crippen LogP) is 4.41. The molecule has 0 N–H and O–H groups in total. The second kappa shape index (κ2) is 5.10. The number of rotatable bonds is 1. The van der Waals surface area contributed by atoms with Crippen LogP contribution in [-0.4, -0.2) is 6.54 Å². The third kappa shape index (κ3) is 2.08. The summed E-state index contributed by atoms with van der Waals surface area (Å²) < 4.78 is 0. The van der Waals surface area contributed by atoms with Gasteiger partial charge in [-0.05, 0) is 17.2 Å². The summed E-state index contributed by atoms with van der Waals surface area (Å²) in [6.07, 6.45) is 4.06. The molecule has 2 aromatic rings. The summed E-state index contributed by atoms with van der Waals surface area (Å²) >= 11 is 0. The zero-order valence-corrected chi connectivity index (χ0v) is 14.4. The maximum Gasteiger partial charge on any atom is 0 e. The molecule has 0 spiro atoms. The molecule has 0 aromatic heterocycles. The first-order chi connectivity index (χ1) is 9.68. The molecule has 1 radical (unpaired) electrons. The van der Waals surface area contributed by atoms with Crippen LogP contribution in [0.15, 0.2) is 48.7 Å². The summed E-state index contributed by atoms with van der Waals surface area (Å²) in [6.45, 7) is 5.34. The molecule has 0 unspecified atom stereocenters. The van der Waals surface area contributed by atoms with Crippen LogP contribution in [0, 0.1) is 6.07 Å². The average molecular weight is 453 g/mol. The van der Waals surface area contributed by atoms with Crippen molar-refractivity contribution in [3.63, 3.8) is 0 Å². The van der Waals surface area contributed by atoms with Crippen molar-refractivity contribution in [3.8, 4) is 11.1 Å². The van der Waals surface area contributed by atoms with Crippen LogP contribution in [0.25, 0.3) is 16.6 Å². The molecule has 2 aromatic carbocycles. The van der Waals surface area contributed by atoms with Gasteiger partial charge in [0.15, 0.2) is 0 Å². The molecule has 109 valence electrons. The smallest absolute Gasteiger partial charge is 0 e. The van der Waals surface area contributed by atoms with Crippen LogP contribution in [0.5, 0.6) is 0 Å². The van der Waals surface area contributed by atoms with E-state index in [1.807, 2.05) is 11.2 Å². The molecule has 0 bridgehead atoms. The van der Waals surface area contributed by atoms with Crippen LogP contribution in [0.4, 0.5) is 5.69 Å². The molecule has 0 saturated carbocycles. The molecular formula is C18H16IrN2-2. The van der Waals surface area contributed by atoms with E-state index in [-0.39, 0.29) is 25.5 Å². The predicted molar refractivity (Wildman–Crippen MR) is 82.7 cm³/mol. The fourth-order valence-corrected chi connectivity index (χ4v) is 3.25. The third-order valence-electron chi connectivity index (χ3n) is 4.33. The summed E-state index contributed by atoms with van der Waals surface area (Å²) in [5, 5.41) is 1.92. The van der Waals surface area contributed by atoms with Crippen LogP contribution in [0.3, 0.4) is 0 Å². The van der Waals surface area contributed by atoms with E-state index in [2.05, 4.69) is 67.8 Å². The van der Waals surface area contributed by atoms with Crippen LogP contribution in [0.2, 0.25) is 0 Å². The van der Waals surface area contributed by atoms with Crippen LogP contribution >= 0.6 is 0 Å². The van der Waals surface area contributed by atoms with Gasteiger partial charge in [0, 0.05) is 20.1 Å². The quantitative estimate of drug-likeness (QED) is 0.586. The van der Waals surface area contributed by atoms with Gasteiger partial charge in [0.2, 0.25) is 0 Å². The van der Waals surface area contributed by atoms with E-state index in [4.69, 9.17) is 0 Å².